The first-order chi connectivity index (χ1) is 11.1. The van der Waals surface area contributed by atoms with Crippen LogP contribution in [0.25, 0.3) is 0 Å². The normalized spacial score (nSPS) is 20.1. The van der Waals surface area contributed by atoms with Crippen molar-refractivity contribution in [2.24, 2.45) is 5.73 Å². The summed E-state index contributed by atoms with van der Waals surface area (Å²) in [6.07, 6.45) is 2.94. The molecule has 2 heterocycles. The third-order valence-electron chi connectivity index (χ3n) is 4.65. The number of amides is 2. The molecule has 24 heavy (non-hydrogen) atoms. The molecule has 1 atom stereocenters. The number of hydrogen-bond acceptors (Lipinski definition) is 4. The summed E-state index contributed by atoms with van der Waals surface area (Å²) >= 11 is 0. The molecule has 0 saturated heterocycles. The topological polar surface area (TPSA) is 97.1 Å². The van der Waals surface area contributed by atoms with Gasteiger partial charge in [0.05, 0.1) is 12.0 Å². The zero-order valence-corrected chi connectivity index (χ0v) is 13.0. The van der Waals surface area contributed by atoms with Crippen molar-refractivity contribution in [3.8, 4) is 0 Å². The van der Waals surface area contributed by atoms with Crippen LogP contribution in [0.4, 0.5) is 11.5 Å². The number of benzene rings is 1. The number of carbonyl (C=O) groups excluding carboxylic acids is 2. The van der Waals surface area contributed by atoms with Gasteiger partial charge < -0.3 is 16.4 Å². The van der Waals surface area contributed by atoms with Crippen molar-refractivity contribution in [2.45, 2.75) is 18.3 Å². The number of anilines is 2. The van der Waals surface area contributed by atoms with E-state index in [0.717, 1.165) is 16.7 Å². The summed E-state index contributed by atoms with van der Waals surface area (Å²) in [5, 5.41) is 5.64. The molecule has 1 unspecified atom stereocenters. The van der Waals surface area contributed by atoms with Gasteiger partial charge in [-0.25, -0.2) is 4.98 Å². The maximum Gasteiger partial charge on any atom is 0.238 e. The first-order valence-corrected chi connectivity index (χ1v) is 7.51. The number of hydrogen-bond donors (Lipinski definition) is 3. The minimum atomic E-state index is -0.581. The maximum absolute atomic E-state index is 12.6. The lowest BCUT2D eigenvalue weighted by atomic mass is 9.79. The summed E-state index contributed by atoms with van der Waals surface area (Å²) in [6.45, 7) is -0.0531. The van der Waals surface area contributed by atoms with Gasteiger partial charge >= 0.3 is 0 Å². The van der Waals surface area contributed by atoms with Crippen molar-refractivity contribution in [1.82, 2.24) is 4.98 Å². The molecular weight excluding hydrogens is 303 g/mol. The standard InChI is InChI=1S/C17H16N4O2.B/c18-9-14(22)20-12-4-3-10-7-17(8-11(10)6-12)13-2-1-5-19-15(13)21-16(17)23;/h1-6H,7-9,18H2,(H,20,22)(H,19,21,23);. The minimum Gasteiger partial charge on any atom is -0.325 e. The second-order valence-electron chi connectivity index (χ2n) is 6.03. The molecular formula is C17H16BN4O2. The second kappa shape index (κ2) is 5.76. The Morgan fingerprint density at radius 3 is 2.88 bits per heavy atom. The predicted octanol–water partition coefficient (Wildman–Crippen LogP) is 0.587. The van der Waals surface area contributed by atoms with E-state index in [-0.39, 0.29) is 26.8 Å². The van der Waals surface area contributed by atoms with E-state index in [0.29, 0.717) is 24.3 Å². The molecule has 1 spiro atoms. The molecule has 3 radical (unpaired) electrons. The van der Waals surface area contributed by atoms with Crippen LogP contribution in [-0.2, 0) is 27.8 Å². The molecule has 4 N–H and O–H groups in total. The lowest BCUT2D eigenvalue weighted by Crippen LogP contribution is -2.35. The Morgan fingerprint density at radius 1 is 1.29 bits per heavy atom. The van der Waals surface area contributed by atoms with Gasteiger partial charge in [0.15, 0.2) is 0 Å². The van der Waals surface area contributed by atoms with Crippen molar-refractivity contribution in [2.75, 3.05) is 17.2 Å². The van der Waals surface area contributed by atoms with Crippen molar-refractivity contribution in [1.29, 1.82) is 0 Å². The predicted molar refractivity (Wildman–Crippen MR) is 91.8 cm³/mol. The quantitative estimate of drug-likeness (QED) is 0.706. The van der Waals surface area contributed by atoms with Crippen molar-refractivity contribution in [3.05, 3.63) is 53.2 Å². The molecule has 2 aliphatic rings. The van der Waals surface area contributed by atoms with E-state index >= 15 is 0 Å². The van der Waals surface area contributed by atoms with Crippen LogP contribution < -0.4 is 16.4 Å². The summed E-state index contributed by atoms with van der Waals surface area (Å²) in [5.41, 5.74) is 8.61. The van der Waals surface area contributed by atoms with Crippen molar-refractivity contribution < 1.29 is 9.59 Å². The SMILES string of the molecule is NCC(=O)Nc1ccc2c(c1)CC1(C2)C(=O)Nc2ncccc21.[B]. The largest absolute Gasteiger partial charge is 0.325 e. The molecule has 6 nitrogen and oxygen atoms in total. The van der Waals surface area contributed by atoms with Crippen LogP contribution in [0.3, 0.4) is 0 Å². The number of carbonyl (C=O) groups is 2. The zero-order valence-electron chi connectivity index (χ0n) is 13.0. The van der Waals surface area contributed by atoms with E-state index in [1.54, 1.807) is 6.20 Å². The van der Waals surface area contributed by atoms with Crippen LogP contribution in [-0.4, -0.2) is 31.8 Å². The highest BCUT2D eigenvalue weighted by Crippen LogP contribution is 2.46. The number of rotatable bonds is 2. The van der Waals surface area contributed by atoms with E-state index in [9.17, 15) is 9.59 Å². The lowest BCUT2D eigenvalue weighted by molar-refractivity contribution is -0.120. The fourth-order valence-electron chi connectivity index (χ4n) is 3.56. The highest BCUT2D eigenvalue weighted by atomic mass is 16.2. The van der Waals surface area contributed by atoms with Crippen LogP contribution >= 0.6 is 0 Å². The van der Waals surface area contributed by atoms with Gasteiger partial charge in [-0.15, -0.1) is 0 Å². The van der Waals surface area contributed by atoms with Crippen LogP contribution in [0.15, 0.2) is 36.5 Å². The van der Waals surface area contributed by atoms with Crippen molar-refractivity contribution in [3.63, 3.8) is 0 Å². The first-order valence-electron chi connectivity index (χ1n) is 7.51. The van der Waals surface area contributed by atoms with Crippen LogP contribution in [0.2, 0.25) is 0 Å². The number of aromatic nitrogens is 1. The first kappa shape index (κ1) is 16.2. The van der Waals surface area contributed by atoms with Gasteiger partial charge in [-0.05, 0) is 42.2 Å². The molecule has 1 aliphatic heterocycles. The van der Waals surface area contributed by atoms with E-state index in [1.165, 1.54) is 0 Å². The fourth-order valence-corrected chi connectivity index (χ4v) is 3.56. The molecule has 1 aromatic heterocycles. The van der Waals surface area contributed by atoms with Crippen molar-refractivity contribution >= 4 is 31.7 Å². The summed E-state index contributed by atoms with van der Waals surface area (Å²) in [4.78, 5) is 28.3. The van der Waals surface area contributed by atoms with Gasteiger partial charge in [-0.3, -0.25) is 9.59 Å². The van der Waals surface area contributed by atoms with Gasteiger partial charge in [-0.1, -0.05) is 12.1 Å². The zero-order chi connectivity index (χ0) is 16.0. The number of pyridine rings is 1. The second-order valence-corrected chi connectivity index (χ2v) is 6.03. The Morgan fingerprint density at radius 2 is 2.08 bits per heavy atom. The Hall–Kier alpha value is -2.67. The van der Waals surface area contributed by atoms with Gasteiger partial charge in [-0.2, -0.15) is 0 Å². The van der Waals surface area contributed by atoms with E-state index in [2.05, 4.69) is 15.6 Å². The van der Waals surface area contributed by atoms with Gasteiger partial charge in [0.25, 0.3) is 0 Å². The molecule has 0 fully saturated rings. The highest BCUT2D eigenvalue weighted by Gasteiger charge is 2.50. The summed E-state index contributed by atoms with van der Waals surface area (Å²) in [6, 6.07) is 9.57. The molecule has 2 aromatic rings. The molecule has 1 aliphatic carbocycles. The third kappa shape index (κ3) is 2.28. The minimum absolute atomic E-state index is 0. The maximum atomic E-state index is 12.6. The number of nitrogens with one attached hydrogen (secondary N) is 2. The molecule has 4 rings (SSSR count). The molecule has 7 heteroatoms. The number of nitrogens with zero attached hydrogens (tertiary/aromatic N) is 1. The Bertz CT molecular complexity index is 839. The third-order valence-corrected chi connectivity index (χ3v) is 4.65. The molecule has 2 amide bonds. The fraction of sp³-hybridized carbons (Fsp3) is 0.235. The summed E-state index contributed by atoms with van der Waals surface area (Å²) < 4.78 is 0. The Balaban J connectivity index is 0.00000169. The average Bonchev–Trinajstić information content (AvgIpc) is 3.06. The van der Waals surface area contributed by atoms with E-state index in [1.807, 2.05) is 30.3 Å². The van der Waals surface area contributed by atoms with E-state index in [4.69, 9.17) is 5.73 Å². The van der Waals surface area contributed by atoms with Gasteiger partial charge in [0.2, 0.25) is 11.8 Å². The molecule has 0 bridgehead atoms. The van der Waals surface area contributed by atoms with Gasteiger partial charge in [0, 0.05) is 25.9 Å². The van der Waals surface area contributed by atoms with Crippen LogP contribution in [0.1, 0.15) is 16.7 Å². The van der Waals surface area contributed by atoms with Crippen LogP contribution in [0.5, 0.6) is 0 Å². The summed E-state index contributed by atoms with van der Waals surface area (Å²) in [7, 11) is 0. The number of nitrogens with two attached hydrogens (primary N) is 1. The van der Waals surface area contributed by atoms with E-state index < -0.39 is 5.41 Å². The molecule has 1 aromatic carbocycles. The van der Waals surface area contributed by atoms with Gasteiger partial charge in [0.1, 0.15) is 5.82 Å². The lowest BCUT2D eigenvalue weighted by Gasteiger charge is -2.20. The van der Waals surface area contributed by atoms with Crippen LogP contribution in [0, 0.1) is 0 Å². The average molecular weight is 319 g/mol. The Kier molecular flexibility index (Phi) is 3.89. The molecule has 119 valence electrons. The number of fused-ring (bicyclic) bond motifs is 3. The monoisotopic (exact) mass is 319 g/mol. The molecule has 0 saturated carbocycles. The Labute approximate surface area is 141 Å². The highest BCUT2D eigenvalue weighted by molar-refractivity contribution is 6.06. The summed E-state index contributed by atoms with van der Waals surface area (Å²) in [5.74, 6) is 0.419. The smallest absolute Gasteiger partial charge is 0.238 e.